The lowest BCUT2D eigenvalue weighted by Crippen LogP contribution is -2.27. The monoisotopic (exact) mass is 426 g/mol. The van der Waals surface area contributed by atoms with Crippen LogP contribution in [0.15, 0.2) is 59.7 Å². The van der Waals surface area contributed by atoms with Crippen LogP contribution in [0.5, 0.6) is 0 Å². The highest BCUT2D eigenvalue weighted by atomic mass is 16.1. The van der Waals surface area contributed by atoms with Crippen molar-refractivity contribution >= 4 is 11.2 Å². The second kappa shape index (κ2) is 8.18. The van der Waals surface area contributed by atoms with E-state index in [-0.39, 0.29) is 5.56 Å². The number of H-pyrrole nitrogens is 1. The summed E-state index contributed by atoms with van der Waals surface area (Å²) in [6.45, 7) is 2.53. The minimum atomic E-state index is -0.0648. The molecule has 0 unspecified atom stereocenters. The van der Waals surface area contributed by atoms with Gasteiger partial charge in [0.25, 0.3) is 5.56 Å². The van der Waals surface area contributed by atoms with Gasteiger partial charge in [-0.2, -0.15) is 5.21 Å². The van der Waals surface area contributed by atoms with E-state index in [2.05, 4.69) is 49.6 Å². The summed E-state index contributed by atoms with van der Waals surface area (Å²) in [7, 11) is 1.82. The number of imidazole rings is 1. The predicted molar refractivity (Wildman–Crippen MR) is 121 cm³/mol. The summed E-state index contributed by atoms with van der Waals surface area (Å²) in [5.74, 6) is 1.31. The molecule has 3 heterocycles. The normalized spacial score (nSPS) is 11.3. The molecule has 0 aliphatic carbocycles. The van der Waals surface area contributed by atoms with Gasteiger partial charge in [-0.3, -0.25) is 9.36 Å². The molecule has 32 heavy (non-hydrogen) atoms. The van der Waals surface area contributed by atoms with Gasteiger partial charge in [0.05, 0.1) is 12.9 Å². The molecule has 0 bridgehead atoms. The van der Waals surface area contributed by atoms with Crippen molar-refractivity contribution in [3.8, 4) is 22.5 Å². The van der Waals surface area contributed by atoms with Crippen LogP contribution < -0.4 is 5.56 Å². The Morgan fingerprint density at radius 1 is 1.03 bits per heavy atom. The van der Waals surface area contributed by atoms with E-state index in [1.807, 2.05) is 43.4 Å². The van der Waals surface area contributed by atoms with Gasteiger partial charge in [0.15, 0.2) is 11.2 Å². The molecule has 0 saturated heterocycles. The molecular weight excluding hydrogens is 404 g/mol. The molecule has 5 rings (SSSR count). The lowest BCUT2D eigenvalue weighted by Gasteiger charge is -2.13. The quantitative estimate of drug-likeness (QED) is 0.447. The number of nitrogens with one attached hydrogen (secondary N) is 1. The molecular formula is C23H22N8O. The zero-order valence-corrected chi connectivity index (χ0v) is 17.9. The third kappa shape index (κ3) is 3.47. The number of tetrazole rings is 1. The summed E-state index contributed by atoms with van der Waals surface area (Å²) in [4.78, 5) is 22.1. The molecule has 0 fully saturated rings. The lowest BCUT2D eigenvalue weighted by atomic mass is 9.98. The van der Waals surface area contributed by atoms with E-state index in [1.165, 1.54) is 0 Å². The molecule has 0 spiro atoms. The van der Waals surface area contributed by atoms with Crippen molar-refractivity contribution in [3.05, 3.63) is 76.6 Å². The van der Waals surface area contributed by atoms with Crippen LogP contribution in [0.1, 0.15) is 24.7 Å². The predicted octanol–water partition coefficient (Wildman–Crippen LogP) is 2.98. The van der Waals surface area contributed by atoms with E-state index in [1.54, 1.807) is 15.5 Å². The molecule has 0 aliphatic rings. The Bertz CT molecular complexity index is 1430. The zero-order chi connectivity index (χ0) is 22.1. The van der Waals surface area contributed by atoms with Crippen LogP contribution in [0.4, 0.5) is 0 Å². The molecule has 3 aromatic heterocycles. The van der Waals surface area contributed by atoms with Gasteiger partial charge in [0.1, 0.15) is 5.82 Å². The number of nitrogens with zero attached hydrogens (tertiary/aromatic N) is 7. The van der Waals surface area contributed by atoms with Gasteiger partial charge in [-0.15, -0.1) is 10.2 Å². The van der Waals surface area contributed by atoms with Crippen molar-refractivity contribution < 1.29 is 0 Å². The number of hydrogen-bond acceptors (Lipinski definition) is 6. The third-order valence-electron chi connectivity index (χ3n) is 5.50. The van der Waals surface area contributed by atoms with Crippen molar-refractivity contribution in [1.29, 1.82) is 0 Å². The molecule has 5 aromatic rings. The van der Waals surface area contributed by atoms with Crippen molar-refractivity contribution in [3.63, 3.8) is 0 Å². The van der Waals surface area contributed by atoms with E-state index in [9.17, 15) is 4.79 Å². The molecule has 1 N–H and O–H groups in total. The van der Waals surface area contributed by atoms with E-state index in [0.29, 0.717) is 23.5 Å². The van der Waals surface area contributed by atoms with Gasteiger partial charge in [-0.05, 0) is 28.3 Å². The molecule has 0 aliphatic heterocycles. The number of benzene rings is 2. The molecule has 0 saturated carbocycles. The Balaban J connectivity index is 1.51. The Kier molecular flexibility index (Phi) is 5.06. The second-order valence-corrected chi connectivity index (χ2v) is 7.67. The first kappa shape index (κ1) is 19.8. The van der Waals surface area contributed by atoms with Crippen LogP contribution in [0.2, 0.25) is 0 Å². The first-order valence-corrected chi connectivity index (χ1v) is 10.5. The van der Waals surface area contributed by atoms with Crippen LogP contribution in [0.3, 0.4) is 0 Å². The summed E-state index contributed by atoms with van der Waals surface area (Å²) in [6, 6.07) is 16.1. The van der Waals surface area contributed by atoms with Crippen LogP contribution in [0.25, 0.3) is 33.7 Å². The molecule has 2 aromatic carbocycles. The van der Waals surface area contributed by atoms with Gasteiger partial charge >= 0.3 is 0 Å². The summed E-state index contributed by atoms with van der Waals surface area (Å²) in [5.41, 5.74) is 4.94. The highest BCUT2D eigenvalue weighted by molar-refractivity contribution is 5.80. The average Bonchev–Trinajstić information content (AvgIpc) is 3.47. The maximum atomic E-state index is 13.2. The average molecular weight is 426 g/mol. The summed E-state index contributed by atoms with van der Waals surface area (Å²) >= 11 is 0. The molecule has 0 radical (unpaired) electrons. The smallest absolute Gasteiger partial charge is 0.280 e. The molecule has 160 valence electrons. The van der Waals surface area contributed by atoms with Gasteiger partial charge < -0.3 is 4.57 Å². The molecule has 0 atom stereocenters. The van der Waals surface area contributed by atoms with Gasteiger partial charge in [-0.1, -0.05) is 55.5 Å². The number of rotatable bonds is 6. The Labute approximate surface area is 183 Å². The van der Waals surface area contributed by atoms with E-state index < -0.39 is 0 Å². The van der Waals surface area contributed by atoms with Gasteiger partial charge in [0, 0.05) is 19.0 Å². The molecule has 9 nitrogen and oxygen atoms in total. The van der Waals surface area contributed by atoms with Crippen LogP contribution in [-0.4, -0.2) is 39.7 Å². The maximum absolute atomic E-state index is 13.2. The maximum Gasteiger partial charge on any atom is 0.280 e. The lowest BCUT2D eigenvalue weighted by molar-refractivity contribution is 0.661. The minimum absolute atomic E-state index is 0.0648. The van der Waals surface area contributed by atoms with Crippen molar-refractivity contribution in [1.82, 2.24) is 39.7 Å². The summed E-state index contributed by atoms with van der Waals surface area (Å²) < 4.78 is 3.49. The largest absolute Gasteiger partial charge is 0.328 e. The van der Waals surface area contributed by atoms with Gasteiger partial charge in [0.2, 0.25) is 5.82 Å². The van der Waals surface area contributed by atoms with Crippen molar-refractivity contribution in [2.45, 2.75) is 26.3 Å². The number of hydrogen-bond donors (Lipinski definition) is 1. The number of aryl methyl sites for hydroxylation is 2. The first-order valence-electron chi connectivity index (χ1n) is 10.5. The fourth-order valence-electron chi connectivity index (χ4n) is 3.93. The van der Waals surface area contributed by atoms with Crippen LogP contribution in [0, 0.1) is 0 Å². The van der Waals surface area contributed by atoms with Gasteiger partial charge in [-0.25, -0.2) is 9.97 Å². The summed E-state index contributed by atoms with van der Waals surface area (Å²) in [6.07, 6.45) is 3.25. The molecule has 9 heteroatoms. The molecule has 0 amide bonds. The number of fused-ring (bicyclic) bond motifs is 1. The standard InChI is InChI=1S/C23H22N8O/c1-3-6-19-25-22-20(30(2)14-24-22)23(32)31(19)13-15-9-11-16(12-10-15)17-7-4-5-8-18(17)21-26-28-29-27-21/h4-5,7-12,14H,3,6,13H2,1-2H3,(H,26,27,28,29). The van der Waals surface area contributed by atoms with Crippen molar-refractivity contribution in [2.75, 3.05) is 0 Å². The van der Waals surface area contributed by atoms with E-state index in [0.717, 1.165) is 40.9 Å². The van der Waals surface area contributed by atoms with E-state index >= 15 is 0 Å². The minimum Gasteiger partial charge on any atom is -0.328 e. The number of aromatic amines is 1. The highest BCUT2D eigenvalue weighted by Crippen LogP contribution is 2.29. The van der Waals surface area contributed by atoms with Crippen LogP contribution in [-0.2, 0) is 20.0 Å². The van der Waals surface area contributed by atoms with Crippen molar-refractivity contribution in [2.24, 2.45) is 7.05 Å². The number of aromatic nitrogens is 8. The Hall–Kier alpha value is -4.14. The summed E-state index contributed by atoms with van der Waals surface area (Å²) in [5, 5.41) is 14.4. The SMILES string of the molecule is CCCc1nc2ncn(C)c2c(=O)n1Cc1ccc(-c2ccccc2-c2nn[nH]n2)cc1. The fourth-order valence-corrected chi connectivity index (χ4v) is 3.93. The fraction of sp³-hybridized carbons (Fsp3) is 0.217. The third-order valence-corrected chi connectivity index (χ3v) is 5.50. The van der Waals surface area contributed by atoms with E-state index in [4.69, 9.17) is 0 Å². The topological polar surface area (TPSA) is 107 Å². The Morgan fingerprint density at radius 2 is 1.81 bits per heavy atom. The zero-order valence-electron chi connectivity index (χ0n) is 17.9. The Morgan fingerprint density at radius 3 is 2.53 bits per heavy atom. The highest BCUT2D eigenvalue weighted by Gasteiger charge is 2.15. The first-order chi connectivity index (χ1) is 15.7. The second-order valence-electron chi connectivity index (χ2n) is 7.67. The van der Waals surface area contributed by atoms with Crippen LogP contribution >= 0.6 is 0 Å².